The molecular formula is C25H27N7S. The molecule has 1 atom stereocenters. The Bertz CT molecular complexity index is 1150. The van der Waals surface area contributed by atoms with E-state index in [0.717, 1.165) is 38.3 Å². The minimum absolute atomic E-state index is 0.142. The molecule has 0 saturated carbocycles. The maximum absolute atomic E-state index is 10.0. The molecule has 0 bridgehead atoms. The zero-order chi connectivity index (χ0) is 23.2. The quantitative estimate of drug-likeness (QED) is 0.529. The fraction of sp³-hybridized carbons (Fsp3) is 0.360. The van der Waals surface area contributed by atoms with Crippen LogP contribution in [0, 0.1) is 22.7 Å². The normalized spacial score (nSPS) is 15.1. The molecule has 1 aromatic carbocycles. The molecule has 1 fully saturated rings. The zero-order valence-electron chi connectivity index (χ0n) is 19.0. The molecule has 1 aliphatic rings. The van der Waals surface area contributed by atoms with Crippen molar-refractivity contribution in [3.05, 3.63) is 70.5 Å². The van der Waals surface area contributed by atoms with E-state index in [1.807, 2.05) is 37.5 Å². The lowest BCUT2D eigenvalue weighted by molar-refractivity contribution is 0.249. The molecule has 3 heterocycles. The van der Waals surface area contributed by atoms with Crippen molar-refractivity contribution in [2.24, 2.45) is 0 Å². The van der Waals surface area contributed by atoms with E-state index in [1.54, 1.807) is 11.8 Å². The predicted octanol–water partition coefficient (Wildman–Crippen LogP) is 4.29. The summed E-state index contributed by atoms with van der Waals surface area (Å²) in [5, 5.41) is 27.7. The van der Waals surface area contributed by atoms with Crippen molar-refractivity contribution in [3.8, 4) is 12.1 Å². The molecule has 1 N–H and O–H groups in total. The van der Waals surface area contributed by atoms with Gasteiger partial charge in [0.25, 0.3) is 0 Å². The molecular weight excluding hydrogens is 430 g/mol. The highest BCUT2D eigenvalue weighted by Crippen LogP contribution is 2.39. The smallest absolute Gasteiger partial charge is 0.148 e. The number of nitrogens with one attached hydrogen (secondary N) is 1. The molecule has 1 unspecified atom stereocenters. The molecule has 2 aromatic heterocycles. The summed E-state index contributed by atoms with van der Waals surface area (Å²) < 4.78 is 0. The first-order valence-corrected chi connectivity index (χ1v) is 12.1. The Morgan fingerprint density at radius 3 is 2.42 bits per heavy atom. The third-order valence-corrected chi connectivity index (χ3v) is 7.16. The number of nitrogens with zero attached hydrogens (tertiary/aromatic N) is 6. The number of pyridine rings is 1. The number of piperazine rings is 1. The van der Waals surface area contributed by atoms with E-state index in [1.165, 1.54) is 11.1 Å². The van der Waals surface area contributed by atoms with Crippen LogP contribution in [-0.2, 0) is 13.0 Å². The van der Waals surface area contributed by atoms with Gasteiger partial charge in [-0.1, -0.05) is 49.0 Å². The lowest BCUT2D eigenvalue weighted by Crippen LogP contribution is -2.46. The van der Waals surface area contributed by atoms with Gasteiger partial charge >= 0.3 is 0 Å². The van der Waals surface area contributed by atoms with Crippen molar-refractivity contribution < 1.29 is 0 Å². The van der Waals surface area contributed by atoms with Crippen LogP contribution >= 0.6 is 11.8 Å². The van der Waals surface area contributed by atoms with Crippen LogP contribution in [0.15, 0.2) is 47.8 Å². The summed E-state index contributed by atoms with van der Waals surface area (Å²) in [7, 11) is 0. The molecule has 1 saturated heterocycles. The Balaban J connectivity index is 1.61. The number of benzene rings is 1. The maximum Gasteiger partial charge on any atom is 0.148 e. The van der Waals surface area contributed by atoms with Crippen LogP contribution < -0.4 is 4.90 Å². The minimum atomic E-state index is 0.142. The van der Waals surface area contributed by atoms with E-state index < -0.39 is 0 Å². The molecule has 4 rings (SSSR count). The number of H-pyrrole nitrogens is 1. The fourth-order valence-corrected chi connectivity index (χ4v) is 5.25. The van der Waals surface area contributed by atoms with Crippen molar-refractivity contribution in [2.45, 2.75) is 37.1 Å². The van der Waals surface area contributed by atoms with Crippen molar-refractivity contribution in [2.75, 3.05) is 31.1 Å². The van der Waals surface area contributed by atoms with Crippen LogP contribution in [0.1, 0.15) is 46.9 Å². The number of rotatable bonds is 7. The average molecular weight is 458 g/mol. The third-order valence-electron chi connectivity index (χ3n) is 6.02. The van der Waals surface area contributed by atoms with Crippen LogP contribution in [0.3, 0.4) is 0 Å². The number of thioether (sulfide) groups is 1. The van der Waals surface area contributed by atoms with Gasteiger partial charge in [0.15, 0.2) is 0 Å². The zero-order valence-corrected chi connectivity index (χ0v) is 19.8. The average Bonchev–Trinajstić information content (AvgIpc) is 3.37. The monoisotopic (exact) mass is 457 g/mol. The molecule has 33 heavy (non-hydrogen) atoms. The molecule has 7 nitrogen and oxygen atoms in total. The summed E-state index contributed by atoms with van der Waals surface area (Å²) in [6, 6.07) is 14.9. The van der Waals surface area contributed by atoms with Gasteiger partial charge in [0.05, 0.1) is 17.3 Å². The Labute approximate surface area is 199 Å². The number of hydrogen-bond acceptors (Lipinski definition) is 7. The first kappa shape index (κ1) is 22.8. The Morgan fingerprint density at radius 1 is 1.09 bits per heavy atom. The van der Waals surface area contributed by atoms with Gasteiger partial charge in [0, 0.05) is 49.7 Å². The van der Waals surface area contributed by atoms with Crippen LogP contribution in [0.25, 0.3) is 0 Å². The van der Waals surface area contributed by atoms with Gasteiger partial charge in [-0.3, -0.25) is 10.00 Å². The highest BCUT2D eigenvalue weighted by Gasteiger charge is 2.26. The second-order valence-corrected chi connectivity index (χ2v) is 9.42. The number of hydrogen-bond donors (Lipinski definition) is 1. The number of aromatic nitrogens is 3. The first-order valence-electron chi connectivity index (χ1n) is 11.2. The fourth-order valence-electron chi connectivity index (χ4n) is 4.20. The van der Waals surface area contributed by atoms with E-state index >= 15 is 0 Å². The van der Waals surface area contributed by atoms with Crippen LogP contribution in [-0.4, -0.2) is 46.3 Å². The summed E-state index contributed by atoms with van der Waals surface area (Å²) in [5.41, 5.74) is 4.22. The van der Waals surface area contributed by atoms with Gasteiger partial charge < -0.3 is 4.90 Å². The second-order valence-electron chi connectivity index (χ2n) is 8.09. The molecule has 0 radical (unpaired) electrons. The molecule has 0 amide bonds. The van der Waals surface area contributed by atoms with E-state index in [4.69, 9.17) is 4.98 Å². The molecule has 0 aliphatic carbocycles. The Hall–Kier alpha value is -3.33. The van der Waals surface area contributed by atoms with E-state index in [-0.39, 0.29) is 5.25 Å². The van der Waals surface area contributed by atoms with Crippen molar-refractivity contribution in [3.63, 3.8) is 0 Å². The van der Waals surface area contributed by atoms with Crippen LogP contribution in [0.4, 0.5) is 5.82 Å². The molecule has 8 heteroatoms. The summed E-state index contributed by atoms with van der Waals surface area (Å²) in [4.78, 5) is 9.50. The first-order chi connectivity index (χ1) is 16.1. The van der Waals surface area contributed by atoms with Crippen molar-refractivity contribution in [1.29, 1.82) is 10.5 Å². The van der Waals surface area contributed by atoms with Crippen LogP contribution in [0.5, 0.6) is 0 Å². The molecule has 0 spiro atoms. The minimum Gasteiger partial charge on any atom is -0.353 e. The summed E-state index contributed by atoms with van der Waals surface area (Å²) >= 11 is 1.59. The SMILES string of the molecule is CCc1c(C#N)c(SC(C)c2ccccc2)nc(N2CCN(Cc3cn[nH]c3)CC2)c1C#N. The van der Waals surface area contributed by atoms with Gasteiger partial charge in [0.2, 0.25) is 0 Å². The second kappa shape index (κ2) is 10.5. The third kappa shape index (κ3) is 5.03. The summed E-state index contributed by atoms with van der Waals surface area (Å²) in [5.74, 6) is 0.707. The predicted molar refractivity (Wildman–Crippen MR) is 130 cm³/mol. The number of nitriles is 2. The highest BCUT2D eigenvalue weighted by molar-refractivity contribution is 7.99. The molecule has 1 aliphatic heterocycles. The summed E-state index contributed by atoms with van der Waals surface area (Å²) in [6.45, 7) is 8.30. The van der Waals surface area contributed by atoms with E-state index in [2.05, 4.69) is 51.2 Å². The summed E-state index contributed by atoms with van der Waals surface area (Å²) in [6.07, 6.45) is 4.40. The van der Waals surface area contributed by atoms with E-state index in [9.17, 15) is 10.5 Å². The number of aromatic amines is 1. The standard InChI is InChI=1S/C25H27N7S/c1-3-21-22(13-26)24(32-11-9-31(10-12-32)17-19-15-28-29-16-19)30-25(23(21)14-27)33-18(2)20-7-5-4-6-8-20/h4-8,15-16,18H,3,9-12,17H2,1-2H3,(H,28,29). The lowest BCUT2D eigenvalue weighted by atomic mass is 10.0. The van der Waals surface area contributed by atoms with Gasteiger partial charge in [-0.2, -0.15) is 15.6 Å². The molecule has 3 aromatic rings. The largest absolute Gasteiger partial charge is 0.353 e. The van der Waals surface area contributed by atoms with Crippen molar-refractivity contribution >= 4 is 17.6 Å². The topological polar surface area (TPSA) is 95.6 Å². The van der Waals surface area contributed by atoms with Gasteiger partial charge in [0.1, 0.15) is 23.0 Å². The van der Waals surface area contributed by atoms with Crippen molar-refractivity contribution in [1.82, 2.24) is 20.1 Å². The highest BCUT2D eigenvalue weighted by atomic mass is 32.2. The number of anilines is 1. The Morgan fingerprint density at radius 2 is 1.82 bits per heavy atom. The maximum atomic E-state index is 10.0. The van der Waals surface area contributed by atoms with Gasteiger partial charge in [-0.25, -0.2) is 4.98 Å². The van der Waals surface area contributed by atoms with Gasteiger partial charge in [-0.15, -0.1) is 0 Å². The molecule has 168 valence electrons. The van der Waals surface area contributed by atoms with E-state index in [0.29, 0.717) is 28.4 Å². The van der Waals surface area contributed by atoms with Gasteiger partial charge in [-0.05, 0) is 24.5 Å². The lowest BCUT2D eigenvalue weighted by Gasteiger charge is -2.36. The Kier molecular flexibility index (Phi) is 7.29. The van der Waals surface area contributed by atoms with Crippen LogP contribution in [0.2, 0.25) is 0 Å².